The van der Waals surface area contributed by atoms with E-state index >= 15 is 0 Å². The Hall–Kier alpha value is -3.18. The summed E-state index contributed by atoms with van der Waals surface area (Å²) in [7, 11) is -2.33. The van der Waals surface area contributed by atoms with Gasteiger partial charge in [0.1, 0.15) is 5.82 Å². The molecule has 1 aromatic heterocycles. The van der Waals surface area contributed by atoms with Crippen molar-refractivity contribution in [2.75, 3.05) is 24.2 Å². The molecule has 202 valence electrons. The van der Waals surface area contributed by atoms with Gasteiger partial charge in [-0.15, -0.1) is 0 Å². The standard InChI is InChI=1S/C26H34FN3O6S/c1-6-7-14-36-23(33)16-21(32)15-20(31)12-13-22-24(17(2)3)28-26(30(4)37(5,34)35)29-25(22)18-8-10-19(27)11-9-18/h8-13,17,21,32H,6-7,14-16H2,1-5H3/b13-12+/t21-/m1/s1. The van der Waals surface area contributed by atoms with Gasteiger partial charge in [-0.2, -0.15) is 0 Å². The third-order valence-corrected chi connectivity index (χ3v) is 6.60. The van der Waals surface area contributed by atoms with Crippen molar-refractivity contribution in [3.63, 3.8) is 0 Å². The van der Waals surface area contributed by atoms with E-state index in [0.29, 0.717) is 22.5 Å². The minimum atomic E-state index is -3.66. The Balaban J connectivity index is 2.41. The molecule has 1 N–H and O–H groups in total. The number of rotatable bonds is 13. The fraction of sp³-hybridized carbons (Fsp3) is 0.462. The number of sulfonamides is 1. The highest BCUT2D eigenvalue weighted by Gasteiger charge is 2.22. The van der Waals surface area contributed by atoms with Crippen LogP contribution in [0.25, 0.3) is 17.3 Å². The van der Waals surface area contributed by atoms with Crippen LogP contribution < -0.4 is 4.31 Å². The topological polar surface area (TPSA) is 127 Å². The number of anilines is 1. The summed E-state index contributed by atoms with van der Waals surface area (Å²) in [6, 6.07) is 5.50. The summed E-state index contributed by atoms with van der Waals surface area (Å²) >= 11 is 0. The molecule has 0 amide bonds. The van der Waals surface area contributed by atoms with Crippen molar-refractivity contribution in [3.8, 4) is 11.3 Å². The second-order valence-corrected chi connectivity index (χ2v) is 11.0. The highest BCUT2D eigenvalue weighted by Crippen LogP contribution is 2.31. The first-order valence-electron chi connectivity index (χ1n) is 12.0. The number of carbonyl (C=O) groups excluding carboxylic acids is 2. The zero-order chi connectivity index (χ0) is 27.8. The third-order valence-electron chi connectivity index (χ3n) is 5.44. The second kappa shape index (κ2) is 13.4. The van der Waals surface area contributed by atoms with E-state index in [-0.39, 0.29) is 31.3 Å². The van der Waals surface area contributed by atoms with Crippen molar-refractivity contribution in [2.45, 2.75) is 58.5 Å². The molecule has 0 unspecified atom stereocenters. The monoisotopic (exact) mass is 535 g/mol. The summed E-state index contributed by atoms with van der Waals surface area (Å²) in [5, 5.41) is 10.1. The van der Waals surface area contributed by atoms with Crippen LogP contribution in [0.5, 0.6) is 0 Å². The number of allylic oxidation sites excluding steroid dienone is 1. The molecule has 0 aliphatic carbocycles. The van der Waals surface area contributed by atoms with E-state index < -0.39 is 33.7 Å². The number of aliphatic hydroxyl groups is 1. The van der Waals surface area contributed by atoms with E-state index in [1.54, 1.807) is 0 Å². The Morgan fingerprint density at radius 3 is 2.38 bits per heavy atom. The van der Waals surface area contributed by atoms with Gasteiger partial charge in [-0.05, 0) is 48.8 Å². The number of halogens is 1. The maximum atomic E-state index is 13.6. The highest BCUT2D eigenvalue weighted by atomic mass is 32.2. The minimum absolute atomic E-state index is 0.0639. The van der Waals surface area contributed by atoms with Gasteiger partial charge in [0.15, 0.2) is 5.78 Å². The third kappa shape index (κ3) is 9.01. The van der Waals surface area contributed by atoms with Crippen LogP contribution in [-0.2, 0) is 24.3 Å². The Bertz CT molecular complexity index is 1230. The zero-order valence-corrected chi connectivity index (χ0v) is 22.6. The summed E-state index contributed by atoms with van der Waals surface area (Å²) in [5.74, 6) is -1.72. The molecule has 1 aromatic carbocycles. The molecule has 2 aromatic rings. The normalized spacial score (nSPS) is 12.6. The molecule has 0 saturated heterocycles. The van der Waals surface area contributed by atoms with Gasteiger partial charge in [0.05, 0.1) is 36.8 Å². The molecule has 0 radical (unpaired) electrons. The van der Waals surface area contributed by atoms with Gasteiger partial charge in [0.2, 0.25) is 16.0 Å². The number of carbonyl (C=O) groups is 2. The van der Waals surface area contributed by atoms with Crippen LogP contribution >= 0.6 is 0 Å². The van der Waals surface area contributed by atoms with Crippen molar-refractivity contribution < 1.29 is 32.2 Å². The quantitative estimate of drug-likeness (QED) is 0.233. The van der Waals surface area contributed by atoms with Crippen LogP contribution in [0.3, 0.4) is 0 Å². The fourth-order valence-corrected chi connectivity index (χ4v) is 3.70. The molecule has 2 rings (SSSR count). The molecule has 0 aliphatic rings. The van der Waals surface area contributed by atoms with Crippen LogP contribution in [0.1, 0.15) is 63.6 Å². The lowest BCUT2D eigenvalue weighted by Gasteiger charge is -2.20. The number of benzene rings is 1. The molecule has 0 saturated carbocycles. The van der Waals surface area contributed by atoms with E-state index in [2.05, 4.69) is 9.97 Å². The van der Waals surface area contributed by atoms with Gasteiger partial charge in [-0.3, -0.25) is 9.59 Å². The fourth-order valence-electron chi connectivity index (χ4n) is 3.33. The first-order valence-corrected chi connectivity index (χ1v) is 13.8. The molecule has 0 bridgehead atoms. The van der Waals surface area contributed by atoms with E-state index in [1.807, 2.05) is 20.8 Å². The number of aromatic nitrogens is 2. The highest BCUT2D eigenvalue weighted by molar-refractivity contribution is 7.92. The summed E-state index contributed by atoms with van der Waals surface area (Å²) in [4.78, 5) is 33.2. The molecular weight excluding hydrogens is 501 g/mol. The molecule has 9 nitrogen and oxygen atoms in total. The molecule has 37 heavy (non-hydrogen) atoms. The lowest BCUT2D eigenvalue weighted by molar-refractivity contribution is -0.146. The van der Waals surface area contributed by atoms with Gasteiger partial charge in [0, 0.05) is 24.6 Å². The molecule has 0 spiro atoms. The maximum Gasteiger partial charge on any atom is 0.308 e. The molecule has 1 atom stereocenters. The zero-order valence-electron chi connectivity index (χ0n) is 21.8. The van der Waals surface area contributed by atoms with Crippen LogP contribution in [0, 0.1) is 5.82 Å². The number of nitrogens with zero attached hydrogens (tertiary/aromatic N) is 3. The van der Waals surface area contributed by atoms with Crippen molar-refractivity contribution in [3.05, 3.63) is 47.4 Å². The molecule has 1 heterocycles. The Morgan fingerprint density at radius 1 is 1.16 bits per heavy atom. The number of unbranched alkanes of at least 4 members (excludes halogenated alkanes) is 1. The number of hydrogen-bond acceptors (Lipinski definition) is 8. The van der Waals surface area contributed by atoms with Crippen LogP contribution in [0.15, 0.2) is 30.3 Å². The van der Waals surface area contributed by atoms with Crippen LogP contribution in [0.2, 0.25) is 0 Å². The second-order valence-electron chi connectivity index (χ2n) is 9.00. The first kappa shape index (κ1) is 30.0. The average Bonchev–Trinajstić information content (AvgIpc) is 2.81. The average molecular weight is 536 g/mol. The van der Waals surface area contributed by atoms with Crippen molar-refractivity contribution in [1.29, 1.82) is 0 Å². The summed E-state index contributed by atoms with van der Waals surface area (Å²) in [6.07, 6.45) is 3.58. The summed E-state index contributed by atoms with van der Waals surface area (Å²) < 4.78 is 43.8. The van der Waals surface area contributed by atoms with E-state index in [4.69, 9.17) is 4.74 Å². The summed E-state index contributed by atoms with van der Waals surface area (Å²) in [6.45, 7) is 5.94. The van der Waals surface area contributed by atoms with Gasteiger partial charge in [-0.25, -0.2) is 27.1 Å². The maximum absolute atomic E-state index is 13.6. The molecule has 0 fully saturated rings. The van der Waals surface area contributed by atoms with E-state index in [0.717, 1.165) is 23.4 Å². The van der Waals surface area contributed by atoms with Crippen molar-refractivity contribution in [1.82, 2.24) is 9.97 Å². The Morgan fingerprint density at radius 2 is 1.81 bits per heavy atom. The molecule has 0 aliphatic heterocycles. The first-order chi connectivity index (χ1) is 17.3. The molecular formula is C26H34FN3O6S. The summed E-state index contributed by atoms with van der Waals surface area (Å²) in [5.41, 5.74) is 1.74. The van der Waals surface area contributed by atoms with Crippen molar-refractivity contribution in [2.24, 2.45) is 0 Å². The lowest BCUT2D eigenvalue weighted by atomic mass is 9.97. The van der Waals surface area contributed by atoms with E-state index in [1.165, 1.54) is 43.5 Å². The van der Waals surface area contributed by atoms with Gasteiger partial charge >= 0.3 is 5.97 Å². The number of esters is 1. The van der Waals surface area contributed by atoms with E-state index in [9.17, 15) is 27.5 Å². The smallest absolute Gasteiger partial charge is 0.308 e. The number of ether oxygens (including phenoxy) is 1. The lowest BCUT2D eigenvalue weighted by Crippen LogP contribution is -2.27. The Labute approximate surface area is 217 Å². The predicted octanol–water partition coefficient (Wildman–Crippen LogP) is 3.87. The number of hydrogen-bond donors (Lipinski definition) is 1. The van der Waals surface area contributed by atoms with Gasteiger partial charge in [0.25, 0.3) is 0 Å². The van der Waals surface area contributed by atoms with Crippen LogP contribution in [-0.4, -0.2) is 61.3 Å². The largest absolute Gasteiger partial charge is 0.466 e. The van der Waals surface area contributed by atoms with Crippen molar-refractivity contribution >= 4 is 33.8 Å². The minimum Gasteiger partial charge on any atom is -0.466 e. The predicted molar refractivity (Wildman–Crippen MR) is 140 cm³/mol. The van der Waals surface area contributed by atoms with Gasteiger partial charge in [-0.1, -0.05) is 27.2 Å². The molecule has 11 heteroatoms. The Kier molecular flexibility index (Phi) is 10.9. The SMILES string of the molecule is CCCCOC(=O)C[C@H](O)CC(=O)/C=C/c1c(-c2ccc(F)cc2)nc(N(C)S(C)(=O)=O)nc1C(C)C. The van der Waals surface area contributed by atoms with Crippen LogP contribution in [0.4, 0.5) is 10.3 Å². The van der Waals surface area contributed by atoms with Gasteiger partial charge < -0.3 is 9.84 Å². The number of aliphatic hydroxyl groups excluding tert-OH is 1. The number of ketones is 1.